The molecule has 0 saturated heterocycles. The highest BCUT2D eigenvalue weighted by Crippen LogP contribution is 2.05. The average Bonchev–Trinajstić information content (AvgIpc) is 1.88. The first kappa shape index (κ1) is 6.76. The van der Waals surface area contributed by atoms with Crippen LogP contribution in [0.25, 0.3) is 0 Å². The summed E-state index contributed by atoms with van der Waals surface area (Å²) in [4.78, 5) is 9.43. The van der Waals surface area contributed by atoms with Crippen molar-refractivity contribution in [3.63, 3.8) is 0 Å². The SMILES string of the molecule is O=[N+]([O-])C1=CC=CCN1O. The van der Waals surface area contributed by atoms with E-state index in [9.17, 15) is 10.1 Å². The van der Waals surface area contributed by atoms with Crippen molar-refractivity contribution in [2.75, 3.05) is 6.54 Å². The van der Waals surface area contributed by atoms with E-state index >= 15 is 0 Å². The molecular formula is C5H6N2O3. The molecule has 0 unspecified atom stereocenters. The van der Waals surface area contributed by atoms with Gasteiger partial charge in [-0.05, 0) is 11.0 Å². The van der Waals surface area contributed by atoms with Gasteiger partial charge in [-0.2, -0.15) is 0 Å². The van der Waals surface area contributed by atoms with Gasteiger partial charge >= 0.3 is 5.82 Å². The molecule has 0 aliphatic carbocycles. The molecule has 1 aliphatic rings. The van der Waals surface area contributed by atoms with Crippen LogP contribution in [0.1, 0.15) is 0 Å². The molecule has 0 aromatic rings. The van der Waals surface area contributed by atoms with Crippen molar-refractivity contribution >= 4 is 0 Å². The predicted octanol–water partition coefficient (Wildman–Crippen LogP) is 0.365. The fourth-order valence-corrected chi connectivity index (χ4v) is 0.649. The number of hydrogen-bond acceptors (Lipinski definition) is 4. The molecule has 1 aliphatic heterocycles. The number of hydrogen-bond donors (Lipinski definition) is 1. The quantitative estimate of drug-likeness (QED) is 0.424. The van der Waals surface area contributed by atoms with Crippen molar-refractivity contribution < 1.29 is 10.1 Å². The van der Waals surface area contributed by atoms with Crippen LogP contribution in [0.5, 0.6) is 0 Å². The smallest absolute Gasteiger partial charge is 0.348 e. The van der Waals surface area contributed by atoms with E-state index in [0.29, 0.717) is 5.06 Å². The first-order valence-electron chi connectivity index (χ1n) is 2.69. The van der Waals surface area contributed by atoms with Gasteiger partial charge < -0.3 is 10.1 Å². The molecule has 0 radical (unpaired) electrons. The maximum absolute atomic E-state index is 10.1. The minimum absolute atomic E-state index is 0.173. The Morgan fingerprint density at radius 2 is 2.50 bits per heavy atom. The van der Waals surface area contributed by atoms with E-state index in [0.717, 1.165) is 0 Å². The Morgan fingerprint density at radius 1 is 1.80 bits per heavy atom. The van der Waals surface area contributed by atoms with E-state index in [4.69, 9.17) is 5.21 Å². The molecule has 0 aromatic carbocycles. The molecule has 0 fully saturated rings. The van der Waals surface area contributed by atoms with Crippen molar-refractivity contribution in [3.05, 3.63) is 34.2 Å². The van der Waals surface area contributed by atoms with Crippen molar-refractivity contribution in [2.45, 2.75) is 0 Å². The Bertz CT molecular complexity index is 209. The van der Waals surface area contributed by atoms with Crippen LogP contribution in [-0.2, 0) is 0 Å². The van der Waals surface area contributed by atoms with Crippen LogP contribution in [0.3, 0.4) is 0 Å². The Kier molecular flexibility index (Phi) is 1.68. The lowest BCUT2D eigenvalue weighted by Gasteiger charge is -2.10. The largest absolute Gasteiger partial charge is 0.358 e. The van der Waals surface area contributed by atoms with Gasteiger partial charge in [-0.1, -0.05) is 6.08 Å². The van der Waals surface area contributed by atoms with Gasteiger partial charge in [0.15, 0.2) is 0 Å². The van der Waals surface area contributed by atoms with Gasteiger partial charge in [0.1, 0.15) is 6.54 Å². The molecule has 5 nitrogen and oxygen atoms in total. The topological polar surface area (TPSA) is 66.6 Å². The highest BCUT2D eigenvalue weighted by molar-refractivity contribution is 5.10. The van der Waals surface area contributed by atoms with E-state index in [1.807, 2.05) is 0 Å². The molecule has 0 bridgehead atoms. The number of nitro groups is 1. The average molecular weight is 142 g/mol. The van der Waals surface area contributed by atoms with E-state index < -0.39 is 4.92 Å². The Hall–Kier alpha value is -1.36. The fraction of sp³-hybridized carbons (Fsp3) is 0.200. The van der Waals surface area contributed by atoms with Gasteiger partial charge in [0.25, 0.3) is 0 Å². The Morgan fingerprint density at radius 3 is 2.90 bits per heavy atom. The molecule has 0 saturated carbocycles. The van der Waals surface area contributed by atoms with Crippen molar-refractivity contribution in [2.24, 2.45) is 0 Å². The van der Waals surface area contributed by atoms with Crippen LogP contribution in [0, 0.1) is 10.1 Å². The minimum Gasteiger partial charge on any atom is -0.358 e. The summed E-state index contributed by atoms with van der Waals surface area (Å²) in [6, 6.07) is 0. The van der Waals surface area contributed by atoms with E-state index in [1.54, 1.807) is 6.08 Å². The lowest BCUT2D eigenvalue weighted by molar-refractivity contribution is -0.464. The summed E-state index contributed by atoms with van der Waals surface area (Å²) in [5.41, 5.74) is 0. The van der Waals surface area contributed by atoms with Gasteiger partial charge in [-0.15, -0.1) is 5.06 Å². The molecule has 0 aromatic heterocycles. The number of allylic oxidation sites excluding steroid dienone is 2. The third kappa shape index (κ3) is 1.14. The molecule has 1 heterocycles. The zero-order chi connectivity index (χ0) is 7.56. The molecule has 5 heteroatoms. The number of hydroxylamine groups is 2. The van der Waals surface area contributed by atoms with Crippen LogP contribution < -0.4 is 0 Å². The summed E-state index contributed by atoms with van der Waals surface area (Å²) < 4.78 is 0. The summed E-state index contributed by atoms with van der Waals surface area (Å²) >= 11 is 0. The molecule has 10 heavy (non-hydrogen) atoms. The Labute approximate surface area is 57.0 Å². The standard InChI is InChI=1S/C5H6N2O3/c8-6-4-2-1-3-5(6)7(9)10/h1-3,8H,4H2. The summed E-state index contributed by atoms with van der Waals surface area (Å²) in [5.74, 6) is -0.289. The third-order valence-electron chi connectivity index (χ3n) is 1.11. The summed E-state index contributed by atoms with van der Waals surface area (Å²) in [5, 5.41) is 19.5. The lowest BCUT2D eigenvalue weighted by Crippen LogP contribution is -2.25. The molecular weight excluding hydrogens is 136 g/mol. The van der Waals surface area contributed by atoms with Crippen LogP contribution in [0.15, 0.2) is 24.0 Å². The second kappa shape index (κ2) is 2.49. The molecule has 54 valence electrons. The summed E-state index contributed by atoms with van der Waals surface area (Å²) in [7, 11) is 0. The maximum Gasteiger partial charge on any atom is 0.348 e. The zero-order valence-electron chi connectivity index (χ0n) is 5.10. The second-order valence-electron chi connectivity index (χ2n) is 1.79. The number of rotatable bonds is 1. The highest BCUT2D eigenvalue weighted by atomic mass is 16.6. The zero-order valence-corrected chi connectivity index (χ0v) is 5.10. The van der Waals surface area contributed by atoms with Gasteiger partial charge in [-0.25, -0.2) is 5.21 Å². The van der Waals surface area contributed by atoms with Crippen molar-refractivity contribution in [1.82, 2.24) is 5.06 Å². The van der Waals surface area contributed by atoms with E-state index in [2.05, 4.69) is 0 Å². The molecule has 1 rings (SSSR count). The van der Waals surface area contributed by atoms with E-state index in [-0.39, 0.29) is 12.4 Å². The van der Waals surface area contributed by atoms with Crippen molar-refractivity contribution in [1.29, 1.82) is 0 Å². The highest BCUT2D eigenvalue weighted by Gasteiger charge is 2.18. The van der Waals surface area contributed by atoms with E-state index in [1.165, 1.54) is 12.2 Å². The fourth-order valence-electron chi connectivity index (χ4n) is 0.649. The van der Waals surface area contributed by atoms with Crippen LogP contribution in [0.2, 0.25) is 0 Å². The maximum atomic E-state index is 10.1. The van der Waals surface area contributed by atoms with Crippen molar-refractivity contribution in [3.8, 4) is 0 Å². The lowest BCUT2D eigenvalue weighted by atomic mass is 10.4. The van der Waals surface area contributed by atoms with Gasteiger partial charge in [0, 0.05) is 6.08 Å². The first-order chi connectivity index (χ1) is 4.72. The molecule has 0 amide bonds. The summed E-state index contributed by atoms with van der Waals surface area (Å²) in [6.07, 6.45) is 4.39. The molecule has 0 spiro atoms. The molecule has 1 N–H and O–H groups in total. The Balaban J connectivity index is 2.80. The second-order valence-corrected chi connectivity index (χ2v) is 1.79. The van der Waals surface area contributed by atoms with Gasteiger partial charge in [0.05, 0.1) is 0 Å². The van der Waals surface area contributed by atoms with Crippen LogP contribution >= 0.6 is 0 Å². The normalized spacial score (nSPS) is 16.9. The minimum atomic E-state index is -0.635. The number of nitrogens with zero attached hydrogens (tertiary/aromatic N) is 2. The first-order valence-corrected chi connectivity index (χ1v) is 2.69. The van der Waals surface area contributed by atoms with Crippen LogP contribution in [-0.4, -0.2) is 21.7 Å². The predicted molar refractivity (Wildman–Crippen MR) is 32.7 cm³/mol. The van der Waals surface area contributed by atoms with Gasteiger partial charge in [0.2, 0.25) is 0 Å². The monoisotopic (exact) mass is 142 g/mol. The summed E-state index contributed by atoms with van der Waals surface area (Å²) in [6.45, 7) is 0.173. The molecule has 0 atom stereocenters. The third-order valence-corrected chi connectivity index (χ3v) is 1.11. The van der Waals surface area contributed by atoms with Gasteiger partial charge in [-0.3, -0.25) is 0 Å². The van der Waals surface area contributed by atoms with Crippen LogP contribution in [0.4, 0.5) is 0 Å².